The fourth-order valence-electron chi connectivity index (χ4n) is 2.53. The van der Waals surface area contributed by atoms with E-state index in [1.165, 1.54) is 48.2 Å². The molecule has 14 heavy (non-hydrogen) atoms. The summed E-state index contributed by atoms with van der Waals surface area (Å²) in [7, 11) is 0. The van der Waals surface area contributed by atoms with Gasteiger partial charge >= 0.3 is 0 Å². The van der Waals surface area contributed by atoms with Crippen LogP contribution in [0.15, 0.2) is 12.1 Å². The van der Waals surface area contributed by atoms with Crippen molar-refractivity contribution in [2.45, 2.75) is 25.7 Å². The van der Waals surface area contributed by atoms with Crippen molar-refractivity contribution in [1.82, 2.24) is 0 Å². The van der Waals surface area contributed by atoms with Crippen molar-refractivity contribution in [2.24, 2.45) is 0 Å². The van der Waals surface area contributed by atoms with E-state index in [1.54, 1.807) is 0 Å². The third-order valence-corrected chi connectivity index (χ3v) is 3.24. The lowest BCUT2D eigenvalue weighted by molar-refractivity contribution is 0.795. The molecule has 2 heteroatoms. The number of aryl methyl sites for hydroxylation is 1. The zero-order valence-electron chi connectivity index (χ0n) is 8.40. The first kappa shape index (κ1) is 8.16. The molecule has 2 N–H and O–H groups in total. The van der Waals surface area contributed by atoms with Crippen molar-refractivity contribution in [3.05, 3.63) is 23.3 Å². The van der Waals surface area contributed by atoms with Gasteiger partial charge in [0.05, 0.1) is 0 Å². The molecule has 2 aliphatic rings. The highest BCUT2D eigenvalue weighted by Crippen LogP contribution is 2.34. The maximum atomic E-state index is 3.55. The van der Waals surface area contributed by atoms with E-state index in [9.17, 15) is 0 Å². The molecule has 0 spiro atoms. The standard InChI is InChI=1S/C12H16N2/c1-3-9-5-6-11-10(4-2-7-13-11)12(9)14-8-1/h5-6,13-14H,1-4,7-8H2. The molecule has 0 bridgehead atoms. The number of rotatable bonds is 0. The van der Waals surface area contributed by atoms with Crippen LogP contribution in [0, 0.1) is 0 Å². The fourth-order valence-corrected chi connectivity index (χ4v) is 2.53. The first-order chi connectivity index (χ1) is 6.95. The predicted molar refractivity (Wildman–Crippen MR) is 60.1 cm³/mol. The molecule has 1 aromatic rings. The molecule has 2 heterocycles. The van der Waals surface area contributed by atoms with Gasteiger partial charge in [0.25, 0.3) is 0 Å². The average molecular weight is 188 g/mol. The van der Waals surface area contributed by atoms with Crippen LogP contribution in [0.1, 0.15) is 24.0 Å². The predicted octanol–water partition coefficient (Wildman–Crippen LogP) is 2.40. The molecule has 0 aliphatic carbocycles. The second kappa shape index (κ2) is 3.19. The molecule has 0 radical (unpaired) electrons. The van der Waals surface area contributed by atoms with Gasteiger partial charge in [0, 0.05) is 24.5 Å². The van der Waals surface area contributed by atoms with E-state index < -0.39 is 0 Å². The van der Waals surface area contributed by atoms with Crippen molar-refractivity contribution >= 4 is 11.4 Å². The number of hydrogen-bond acceptors (Lipinski definition) is 2. The van der Waals surface area contributed by atoms with Gasteiger partial charge in [-0.15, -0.1) is 0 Å². The van der Waals surface area contributed by atoms with E-state index in [-0.39, 0.29) is 0 Å². The zero-order valence-corrected chi connectivity index (χ0v) is 8.40. The van der Waals surface area contributed by atoms with Gasteiger partial charge in [-0.2, -0.15) is 0 Å². The van der Waals surface area contributed by atoms with Crippen molar-refractivity contribution in [1.29, 1.82) is 0 Å². The molecule has 0 fully saturated rings. The molecule has 0 amide bonds. The first-order valence-corrected chi connectivity index (χ1v) is 5.57. The number of hydrogen-bond donors (Lipinski definition) is 2. The van der Waals surface area contributed by atoms with Gasteiger partial charge < -0.3 is 10.6 Å². The van der Waals surface area contributed by atoms with Crippen LogP contribution in [-0.2, 0) is 12.8 Å². The van der Waals surface area contributed by atoms with Gasteiger partial charge in [0.1, 0.15) is 0 Å². The van der Waals surface area contributed by atoms with Gasteiger partial charge in [0.15, 0.2) is 0 Å². The van der Waals surface area contributed by atoms with Crippen LogP contribution in [0.5, 0.6) is 0 Å². The smallest absolute Gasteiger partial charge is 0.0426 e. The van der Waals surface area contributed by atoms with Crippen LogP contribution in [0.2, 0.25) is 0 Å². The normalized spacial score (nSPS) is 18.9. The quantitative estimate of drug-likeness (QED) is 0.653. The molecule has 0 aromatic heterocycles. The van der Waals surface area contributed by atoms with Gasteiger partial charge in [-0.05, 0) is 42.9 Å². The third-order valence-electron chi connectivity index (χ3n) is 3.24. The number of fused-ring (bicyclic) bond motifs is 3. The molecule has 2 nitrogen and oxygen atoms in total. The van der Waals surface area contributed by atoms with Crippen LogP contribution in [0.3, 0.4) is 0 Å². The number of nitrogens with one attached hydrogen (secondary N) is 2. The van der Waals surface area contributed by atoms with Crippen LogP contribution in [-0.4, -0.2) is 13.1 Å². The molecular formula is C12H16N2. The summed E-state index contributed by atoms with van der Waals surface area (Å²) in [4.78, 5) is 0. The molecule has 0 saturated heterocycles. The molecule has 2 aliphatic heterocycles. The monoisotopic (exact) mass is 188 g/mol. The van der Waals surface area contributed by atoms with Crippen LogP contribution < -0.4 is 10.6 Å². The van der Waals surface area contributed by atoms with Crippen molar-refractivity contribution < 1.29 is 0 Å². The Morgan fingerprint density at radius 2 is 1.79 bits per heavy atom. The summed E-state index contributed by atoms with van der Waals surface area (Å²) in [5, 5.41) is 7.02. The van der Waals surface area contributed by atoms with E-state index in [1.807, 2.05) is 0 Å². The Morgan fingerprint density at radius 1 is 0.929 bits per heavy atom. The molecule has 0 atom stereocenters. The molecule has 0 saturated carbocycles. The lowest BCUT2D eigenvalue weighted by atomic mass is 9.94. The average Bonchev–Trinajstić information content (AvgIpc) is 2.29. The lowest BCUT2D eigenvalue weighted by Crippen LogP contribution is -2.18. The minimum absolute atomic E-state index is 1.13. The van der Waals surface area contributed by atoms with E-state index in [0.717, 1.165) is 13.1 Å². The highest BCUT2D eigenvalue weighted by molar-refractivity contribution is 5.71. The van der Waals surface area contributed by atoms with E-state index in [2.05, 4.69) is 22.8 Å². The molecule has 74 valence electrons. The van der Waals surface area contributed by atoms with E-state index in [0.29, 0.717) is 0 Å². The lowest BCUT2D eigenvalue weighted by Gasteiger charge is -2.26. The van der Waals surface area contributed by atoms with E-state index in [4.69, 9.17) is 0 Å². The van der Waals surface area contributed by atoms with Gasteiger partial charge in [-0.25, -0.2) is 0 Å². The Labute approximate surface area is 84.7 Å². The van der Waals surface area contributed by atoms with Crippen molar-refractivity contribution in [3.63, 3.8) is 0 Å². The highest BCUT2D eigenvalue weighted by atomic mass is 14.9. The highest BCUT2D eigenvalue weighted by Gasteiger charge is 2.17. The van der Waals surface area contributed by atoms with Crippen LogP contribution in [0.4, 0.5) is 11.4 Å². The van der Waals surface area contributed by atoms with Crippen LogP contribution in [0.25, 0.3) is 0 Å². The molecule has 0 unspecified atom stereocenters. The number of anilines is 2. The summed E-state index contributed by atoms with van der Waals surface area (Å²) >= 11 is 0. The Bertz CT molecular complexity index is 323. The van der Waals surface area contributed by atoms with Crippen LogP contribution >= 0.6 is 0 Å². The minimum Gasteiger partial charge on any atom is -0.385 e. The topological polar surface area (TPSA) is 24.1 Å². The SMILES string of the molecule is c1cc2c(c3c1CCCN3)CCCN2. The van der Waals surface area contributed by atoms with E-state index >= 15 is 0 Å². The molecular weight excluding hydrogens is 172 g/mol. The Morgan fingerprint density at radius 3 is 2.79 bits per heavy atom. The maximum absolute atomic E-state index is 3.55. The summed E-state index contributed by atoms with van der Waals surface area (Å²) in [6.07, 6.45) is 5.03. The fraction of sp³-hybridized carbons (Fsp3) is 0.500. The summed E-state index contributed by atoms with van der Waals surface area (Å²) < 4.78 is 0. The van der Waals surface area contributed by atoms with Gasteiger partial charge in [0.2, 0.25) is 0 Å². The molecule has 3 rings (SSSR count). The Hall–Kier alpha value is -1.18. The summed E-state index contributed by atoms with van der Waals surface area (Å²) in [5.41, 5.74) is 5.82. The Kier molecular flexibility index (Phi) is 1.86. The molecule has 1 aromatic carbocycles. The maximum Gasteiger partial charge on any atom is 0.0426 e. The zero-order chi connectivity index (χ0) is 9.38. The summed E-state index contributed by atoms with van der Waals surface area (Å²) in [5.74, 6) is 0. The van der Waals surface area contributed by atoms with Crippen molar-refractivity contribution in [2.75, 3.05) is 23.7 Å². The summed E-state index contributed by atoms with van der Waals surface area (Å²) in [6, 6.07) is 4.53. The second-order valence-corrected chi connectivity index (χ2v) is 4.19. The number of benzene rings is 1. The second-order valence-electron chi connectivity index (χ2n) is 4.19. The minimum atomic E-state index is 1.13. The third kappa shape index (κ3) is 1.17. The van der Waals surface area contributed by atoms with Gasteiger partial charge in [-0.3, -0.25) is 0 Å². The largest absolute Gasteiger partial charge is 0.385 e. The van der Waals surface area contributed by atoms with Crippen molar-refractivity contribution in [3.8, 4) is 0 Å². The Balaban J connectivity index is 2.12. The van der Waals surface area contributed by atoms with Gasteiger partial charge in [-0.1, -0.05) is 6.07 Å². The summed E-state index contributed by atoms with van der Waals surface area (Å²) in [6.45, 7) is 2.27. The first-order valence-electron chi connectivity index (χ1n) is 5.57.